The summed E-state index contributed by atoms with van der Waals surface area (Å²) in [6.07, 6.45) is 0. The van der Waals surface area contributed by atoms with Crippen LogP contribution in [0.4, 0.5) is 0 Å². The Balaban J connectivity index is 2.62. The van der Waals surface area contributed by atoms with Crippen LogP contribution in [0.3, 0.4) is 0 Å². The van der Waals surface area contributed by atoms with Crippen LogP contribution < -0.4 is 0 Å². The molecule has 0 bridgehead atoms. The Labute approximate surface area is 103 Å². The molecule has 0 saturated carbocycles. The highest BCUT2D eigenvalue weighted by Crippen LogP contribution is 2.12. The molecule has 1 aromatic carbocycles. The van der Waals surface area contributed by atoms with Crippen LogP contribution in [0.5, 0.6) is 0 Å². The fraction of sp³-hybridized carbons (Fsp3) is 0.364. The van der Waals surface area contributed by atoms with Crippen LogP contribution in [-0.2, 0) is 11.3 Å². The molecular weight excluding hydrogens is 277 g/mol. The Morgan fingerprint density at radius 3 is 2.47 bits per heavy atom. The maximum absolute atomic E-state index is 11.6. The van der Waals surface area contributed by atoms with Gasteiger partial charge >= 0.3 is 0 Å². The molecule has 0 aliphatic carbocycles. The number of benzene rings is 1. The first kappa shape index (κ1) is 12.5. The lowest BCUT2D eigenvalue weighted by atomic mass is 10.2. The van der Waals surface area contributed by atoms with E-state index in [1.54, 1.807) is 11.9 Å². The number of hydrogen-bond donors (Lipinski definition) is 0. The second-order valence-electron chi connectivity index (χ2n) is 3.44. The Morgan fingerprint density at radius 1 is 1.47 bits per heavy atom. The lowest BCUT2D eigenvalue weighted by Gasteiger charge is -2.18. The van der Waals surface area contributed by atoms with E-state index in [-0.39, 0.29) is 10.7 Å². The van der Waals surface area contributed by atoms with Crippen molar-refractivity contribution in [1.29, 1.82) is 0 Å². The smallest absolute Gasteiger partial charge is 0.236 e. The van der Waals surface area contributed by atoms with Gasteiger partial charge in [0.2, 0.25) is 5.91 Å². The molecule has 4 heteroatoms. The minimum atomic E-state index is -0.144. The van der Waals surface area contributed by atoms with E-state index in [9.17, 15) is 4.79 Å². The molecule has 1 amide bonds. The van der Waals surface area contributed by atoms with Gasteiger partial charge in [0.25, 0.3) is 0 Å². The van der Waals surface area contributed by atoms with Crippen molar-refractivity contribution in [3.8, 4) is 0 Å². The van der Waals surface area contributed by atoms with Crippen molar-refractivity contribution in [2.75, 3.05) is 7.05 Å². The molecule has 82 valence electrons. The standard InChI is InChI=1S/C11H13BrClNO/c1-8(12)11(15)14(2)7-9-3-5-10(13)6-4-9/h3-6,8H,7H2,1-2H3. The van der Waals surface area contributed by atoms with E-state index in [2.05, 4.69) is 15.9 Å². The third-order valence-electron chi connectivity index (χ3n) is 2.05. The predicted molar refractivity (Wildman–Crippen MR) is 66.3 cm³/mol. The fourth-order valence-electron chi connectivity index (χ4n) is 1.25. The molecule has 0 N–H and O–H groups in total. The van der Waals surface area contributed by atoms with Crippen LogP contribution in [0, 0.1) is 0 Å². The molecule has 0 aromatic heterocycles. The second-order valence-corrected chi connectivity index (χ2v) is 5.25. The van der Waals surface area contributed by atoms with Crippen molar-refractivity contribution in [3.05, 3.63) is 34.9 Å². The average molecular weight is 291 g/mol. The van der Waals surface area contributed by atoms with Crippen molar-refractivity contribution in [3.63, 3.8) is 0 Å². The van der Waals surface area contributed by atoms with Crippen molar-refractivity contribution >= 4 is 33.4 Å². The van der Waals surface area contributed by atoms with Crippen LogP contribution in [0.1, 0.15) is 12.5 Å². The van der Waals surface area contributed by atoms with Crippen LogP contribution in [0.15, 0.2) is 24.3 Å². The van der Waals surface area contributed by atoms with Crippen molar-refractivity contribution in [2.45, 2.75) is 18.3 Å². The van der Waals surface area contributed by atoms with E-state index >= 15 is 0 Å². The molecule has 1 unspecified atom stereocenters. The summed E-state index contributed by atoms with van der Waals surface area (Å²) in [5.41, 5.74) is 1.07. The van der Waals surface area contributed by atoms with E-state index in [0.717, 1.165) is 5.56 Å². The number of rotatable bonds is 3. The number of amides is 1. The molecule has 0 aliphatic rings. The summed E-state index contributed by atoms with van der Waals surface area (Å²) >= 11 is 9.03. The average Bonchev–Trinajstić information content (AvgIpc) is 2.20. The quantitative estimate of drug-likeness (QED) is 0.784. The van der Waals surface area contributed by atoms with Gasteiger partial charge in [0.05, 0.1) is 4.83 Å². The van der Waals surface area contributed by atoms with Crippen molar-refractivity contribution < 1.29 is 4.79 Å². The van der Waals surface area contributed by atoms with Gasteiger partial charge in [0, 0.05) is 18.6 Å². The minimum Gasteiger partial charge on any atom is -0.340 e. The zero-order chi connectivity index (χ0) is 11.4. The summed E-state index contributed by atoms with van der Waals surface area (Å²) in [6, 6.07) is 7.50. The first-order valence-corrected chi connectivity index (χ1v) is 5.93. The molecule has 1 rings (SSSR count). The molecular formula is C11H13BrClNO. The van der Waals surface area contributed by atoms with E-state index in [1.165, 1.54) is 0 Å². The molecule has 1 atom stereocenters. The van der Waals surface area contributed by atoms with Gasteiger partial charge in [-0.25, -0.2) is 0 Å². The molecule has 0 aliphatic heterocycles. The van der Waals surface area contributed by atoms with E-state index in [1.807, 2.05) is 31.2 Å². The predicted octanol–water partition coefficient (Wildman–Crippen LogP) is 3.08. The van der Waals surface area contributed by atoms with E-state index < -0.39 is 0 Å². The first-order chi connectivity index (χ1) is 7.00. The van der Waals surface area contributed by atoms with E-state index in [0.29, 0.717) is 11.6 Å². The van der Waals surface area contributed by atoms with Gasteiger partial charge < -0.3 is 4.90 Å². The van der Waals surface area contributed by atoms with E-state index in [4.69, 9.17) is 11.6 Å². The summed E-state index contributed by atoms with van der Waals surface area (Å²) < 4.78 is 0. The summed E-state index contributed by atoms with van der Waals surface area (Å²) in [5, 5.41) is 0.710. The lowest BCUT2D eigenvalue weighted by Crippen LogP contribution is -2.31. The van der Waals surface area contributed by atoms with Gasteiger partial charge in [0.15, 0.2) is 0 Å². The number of hydrogen-bond acceptors (Lipinski definition) is 1. The summed E-state index contributed by atoms with van der Waals surface area (Å²) in [5.74, 6) is 0.0740. The third kappa shape index (κ3) is 3.84. The van der Waals surface area contributed by atoms with Crippen LogP contribution in [0.25, 0.3) is 0 Å². The van der Waals surface area contributed by atoms with Crippen molar-refractivity contribution in [2.24, 2.45) is 0 Å². The highest BCUT2D eigenvalue weighted by Gasteiger charge is 2.14. The van der Waals surface area contributed by atoms with Gasteiger partial charge in [-0.2, -0.15) is 0 Å². The highest BCUT2D eigenvalue weighted by molar-refractivity contribution is 9.10. The highest BCUT2D eigenvalue weighted by atomic mass is 79.9. The topological polar surface area (TPSA) is 20.3 Å². The van der Waals surface area contributed by atoms with Crippen molar-refractivity contribution in [1.82, 2.24) is 4.90 Å². The normalized spacial score (nSPS) is 12.3. The van der Waals surface area contributed by atoms with Gasteiger partial charge in [-0.05, 0) is 24.6 Å². The number of carbonyl (C=O) groups is 1. The Bertz CT molecular complexity index is 337. The van der Waals surface area contributed by atoms with Crippen LogP contribution in [-0.4, -0.2) is 22.7 Å². The molecule has 15 heavy (non-hydrogen) atoms. The number of nitrogens with zero attached hydrogens (tertiary/aromatic N) is 1. The molecule has 0 saturated heterocycles. The molecule has 0 fully saturated rings. The molecule has 0 spiro atoms. The van der Waals surface area contributed by atoms with Gasteiger partial charge in [-0.3, -0.25) is 4.79 Å². The zero-order valence-electron chi connectivity index (χ0n) is 8.71. The maximum atomic E-state index is 11.6. The van der Waals surface area contributed by atoms with Gasteiger partial charge in [0.1, 0.15) is 0 Å². The maximum Gasteiger partial charge on any atom is 0.236 e. The van der Waals surface area contributed by atoms with Gasteiger partial charge in [-0.1, -0.05) is 39.7 Å². The summed E-state index contributed by atoms with van der Waals surface area (Å²) in [7, 11) is 1.79. The number of halogens is 2. The monoisotopic (exact) mass is 289 g/mol. The Kier molecular flexibility index (Phi) is 4.61. The Morgan fingerprint density at radius 2 is 2.00 bits per heavy atom. The summed E-state index contributed by atoms with van der Waals surface area (Å²) in [6.45, 7) is 2.42. The third-order valence-corrected chi connectivity index (χ3v) is 2.69. The lowest BCUT2D eigenvalue weighted by molar-refractivity contribution is -0.129. The van der Waals surface area contributed by atoms with Crippen LogP contribution in [0.2, 0.25) is 5.02 Å². The summed E-state index contributed by atoms with van der Waals surface area (Å²) in [4.78, 5) is 13.1. The SMILES string of the molecule is CC(Br)C(=O)N(C)Cc1ccc(Cl)cc1. The Hall–Kier alpha value is -0.540. The largest absolute Gasteiger partial charge is 0.340 e. The first-order valence-electron chi connectivity index (χ1n) is 4.64. The number of carbonyl (C=O) groups excluding carboxylic acids is 1. The fourth-order valence-corrected chi connectivity index (χ4v) is 1.72. The minimum absolute atomic E-state index is 0.0740. The molecule has 0 radical (unpaired) electrons. The molecule has 1 aromatic rings. The number of alkyl halides is 1. The molecule has 2 nitrogen and oxygen atoms in total. The zero-order valence-corrected chi connectivity index (χ0v) is 11.0. The second kappa shape index (κ2) is 5.52. The van der Waals surface area contributed by atoms with Gasteiger partial charge in [-0.15, -0.1) is 0 Å². The molecule has 0 heterocycles. The van der Waals surface area contributed by atoms with Crippen LogP contribution >= 0.6 is 27.5 Å².